The van der Waals surface area contributed by atoms with Gasteiger partial charge < -0.3 is 23.9 Å². The molecule has 2 aromatic rings. The molecule has 198 valence electrons. The Balaban J connectivity index is 2.45. The van der Waals surface area contributed by atoms with Crippen molar-refractivity contribution in [3.05, 3.63) is 46.5 Å². The summed E-state index contributed by atoms with van der Waals surface area (Å²) in [6.07, 6.45) is 0. The number of nitrogens with zero attached hydrogens (tertiary/aromatic N) is 4. The van der Waals surface area contributed by atoms with Crippen molar-refractivity contribution in [1.82, 2.24) is 0 Å². The first-order valence-electron chi connectivity index (χ1n) is 10.9. The van der Waals surface area contributed by atoms with Crippen molar-refractivity contribution in [3.8, 4) is 5.75 Å². The Morgan fingerprint density at radius 2 is 1.54 bits per heavy atom. The van der Waals surface area contributed by atoms with Crippen LogP contribution in [-0.2, 0) is 28.7 Å². The molecule has 2 rings (SSSR count). The summed E-state index contributed by atoms with van der Waals surface area (Å²) in [6.45, 7) is 4.34. The van der Waals surface area contributed by atoms with Crippen molar-refractivity contribution >= 4 is 46.3 Å². The maximum atomic E-state index is 11.4. The van der Waals surface area contributed by atoms with Crippen LogP contribution in [0.4, 0.5) is 28.4 Å². The molecule has 0 bridgehead atoms. The number of rotatable bonds is 13. The predicted molar refractivity (Wildman–Crippen MR) is 131 cm³/mol. The van der Waals surface area contributed by atoms with Crippen molar-refractivity contribution in [1.29, 1.82) is 0 Å². The first kappa shape index (κ1) is 28.5. The highest BCUT2D eigenvalue weighted by atomic mass is 16.7. The molecule has 0 saturated heterocycles. The van der Waals surface area contributed by atoms with E-state index in [1.807, 2.05) is 0 Å². The molecule has 0 aromatic heterocycles. The van der Waals surface area contributed by atoms with Crippen LogP contribution in [0.1, 0.15) is 20.8 Å². The molecule has 14 nitrogen and oxygen atoms in total. The minimum absolute atomic E-state index is 0.0485. The van der Waals surface area contributed by atoms with Gasteiger partial charge in [0.15, 0.2) is 0 Å². The molecule has 37 heavy (non-hydrogen) atoms. The second-order valence-electron chi connectivity index (χ2n) is 7.38. The summed E-state index contributed by atoms with van der Waals surface area (Å²) < 4.78 is 15.6. The van der Waals surface area contributed by atoms with Gasteiger partial charge in [-0.2, -0.15) is 5.11 Å². The van der Waals surface area contributed by atoms with Crippen molar-refractivity contribution in [2.24, 2.45) is 10.2 Å². The van der Waals surface area contributed by atoms with Gasteiger partial charge in [-0.25, -0.2) is 5.48 Å². The lowest BCUT2D eigenvalue weighted by molar-refractivity contribution is -0.384. The number of ether oxygens (including phenoxy) is 3. The van der Waals surface area contributed by atoms with E-state index in [2.05, 4.69) is 15.7 Å². The van der Waals surface area contributed by atoms with Gasteiger partial charge in [-0.05, 0) is 18.2 Å². The fraction of sp³-hybridized carbons (Fsp3) is 0.348. The van der Waals surface area contributed by atoms with E-state index in [1.165, 1.54) is 58.2 Å². The first-order chi connectivity index (χ1) is 17.6. The van der Waals surface area contributed by atoms with Gasteiger partial charge in [0.25, 0.3) is 5.69 Å². The molecule has 0 aliphatic heterocycles. The highest BCUT2D eigenvalue weighted by Crippen LogP contribution is 2.39. The number of benzene rings is 2. The van der Waals surface area contributed by atoms with Gasteiger partial charge >= 0.3 is 17.9 Å². The minimum Gasteiger partial charge on any atom is -0.494 e. The largest absolute Gasteiger partial charge is 0.494 e. The van der Waals surface area contributed by atoms with E-state index in [1.54, 1.807) is 11.0 Å². The van der Waals surface area contributed by atoms with E-state index in [4.69, 9.17) is 19.0 Å². The lowest BCUT2D eigenvalue weighted by Gasteiger charge is -2.27. The Labute approximate surface area is 212 Å². The molecule has 2 aromatic carbocycles. The quantitative estimate of drug-likeness (QED) is 0.134. The van der Waals surface area contributed by atoms with Crippen LogP contribution in [0, 0.1) is 10.1 Å². The number of carbonyl (C=O) groups excluding carboxylic acids is 3. The average Bonchev–Trinajstić information content (AvgIpc) is 2.85. The number of nitro benzene ring substituents is 1. The molecular weight excluding hydrogens is 490 g/mol. The third kappa shape index (κ3) is 9.43. The molecule has 0 unspecified atom stereocenters. The molecule has 0 amide bonds. The Bertz CT molecular complexity index is 1130. The van der Waals surface area contributed by atoms with Crippen LogP contribution in [0.25, 0.3) is 0 Å². The van der Waals surface area contributed by atoms with E-state index in [0.29, 0.717) is 17.1 Å². The lowest BCUT2D eigenvalue weighted by atomic mass is 10.2. The van der Waals surface area contributed by atoms with Crippen LogP contribution in [0.15, 0.2) is 46.6 Å². The van der Waals surface area contributed by atoms with Gasteiger partial charge in [-0.15, -0.1) is 5.11 Å². The van der Waals surface area contributed by atoms with E-state index < -0.39 is 22.8 Å². The topological polar surface area (TPSA) is 171 Å². The molecule has 0 atom stereocenters. The maximum absolute atomic E-state index is 11.4. The Morgan fingerprint density at radius 3 is 2.03 bits per heavy atom. The molecule has 0 fully saturated rings. The predicted octanol–water partition coefficient (Wildman–Crippen LogP) is 3.84. The average molecular weight is 517 g/mol. The number of non-ortho nitro benzene ring substituents is 1. The molecule has 0 saturated carbocycles. The van der Waals surface area contributed by atoms with Gasteiger partial charge in [0.2, 0.25) is 0 Å². The molecular formula is C23H27N5O9. The second kappa shape index (κ2) is 14.0. The summed E-state index contributed by atoms with van der Waals surface area (Å²) >= 11 is 0. The number of esters is 2. The van der Waals surface area contributed by atoms with Gasteiger partial charge in [0, 0.05) is 39.0 Å². The summed E-state index contributed by atoms with van der Waals surface area (Å²) in [5.41, 5.74) is 3.73. The van der Waals surface area contributed by atoms with Crippen LogP contribution < -0.4 is 15.1 Å². The number of hydrogen-bond acceptors (Lipinski definition) is 13. The van der Waals surface area contributed by atoms with E-state index in [9.17, 15) is 24.5 Å². The molecule has 1 N–H and O–H groups in total. The summed E-state index contributed by atoms with van der Waals surface area (Å²) in [4.78, 5) is 50.9. The fourth-order valence-electron chi connectivity index (χ4n) is 2.96. The highest BCUT2D eigenvalue weighted by Gasteiger charge is 2.18. The minimum atomic E-state index is -0.614. The number of hydrogen-bond donors (Lipinski definition) is 1. The summed E-state index contributed by atoms with van der Waals surface area (Å²) in [7, 11) is 1.44. The number of azo groups is 1. The summed E-state index contributed by atoms with van der Waals surface area (Å²) in [5.74, 6) is -1.17. The molecule has 0 spiro atoms. The Morgan fingerprint density at radius 1 is 0.946 bits per heavy atom. The third-order valence-corrected chi connectivity index (χ3v) is 4.61. The number of anilines is 2. The maximum Gasteiger partial charge on any atom is 0.329 e. The Hall–Kier alpha value is -4.75. The van der Waals surface area contributed by atoms with E-state index >= 15 is 0 Å². The highest BCUT2D eigenvalue weighted by molar-refractivity contribution is 5.78. The van der Waals surface area contributed by atoms with Crippen molar-refractivity contribution in [2.45, 2.75) is 20.8 Å². The molecule has 0 aliphatic carbocycles. The van der Waals surface area contributed by atoms with Crippen LogP contribution in [0.5, 0.6) is 5.75 Å². The van der Waals surface area contributed by atoms with Crippen molar-refractivity contribution in [3.63, 3.8) is 0 Å². The van der Waals surface area contributed by atoms with Crippen LogP contribution >= 0.6 is 0 Å². The summed E-state index contributed by atoms with van der Waals surface area (Å²) in [6, 6.07) is 8.55. The summed E-state index contributed by atoms with van der Waals surface area (Å²) in [5, 5.41) is 19.1. The standard InChI is InChI=1S/C23H27N5O9/c1-15(29)35-11-9-27(10-12-36-16(2)30)22-13-21(26-37-17(3)31)20(14-23(22)34-4)25-24-18-5-7-19(8-6-18)28(32)33/h5-8,13-14,26H,9-12H2,1-4H3. The molecule has 0 heterocycles. The molecule has 0 aliphatic rings. The number of nitrogens with one attached hydrogen (secondary N) is 1. The molecule has 14 heteroatoms. The number of carbonyl (C=O) groups is 3. The zero-order valence-corrected chi connectivity index (χ0v) is 20.8. The Kier molecular flexibility index (Phi) is 10.8. The van der Waals surface area contributed by atoms with Gasteiger partial charge in [0.1, 0.15) is 30.3 Å². The van der Waals surface area contributed by atoms with Crippen molar-refractivity contribution < 1.29 is 38.4 Å². The number of methoxy groups -OCH3 is 1. The van der Waals surface area contributed by atoms with E-state index in [0.717, 1.165) is 0 Å². The number of nitro groups is 1. The van der Waals surface area contributed by atoms with Crippen LogP contribution in [0.2, 0.25) is 0 Å². The van der Waals surface area contributed by atoms with Gasteiger partial charge in [-0.3, -0.25) is 24.5 Å². The smallest absolute Gasteiger partial charge is 0.329 e. The first-order valence-corrected chi connectivity index (χ1v) is 10.9. The third-order valence-electron chi connectivity index (χ3n) is 4.61. The lowest BCUT2D eigenvalue weighted by Crippen LogP contribution is -2.32. The zero-order chi connectivity index (χ0) is 27.4. The second-order valence-corrected chi connectivity index (χ2v) is 7.38. The zero-order valence-electron chi connectivity index (χ0n) is 20.8. The van der Waals surface area contributed by atoms with Gasteiger partial charge in [0.05, 0.1) is 36.5 Å². The monoisotopic (exact) mass is 517 g/mol. The van der Waals surface area contributed by atoms with E-state index in [-0.39, 0.29) is 43.4 Å². The fourth-order valence-corrected chi connectivity index (χ4v) is 2.96. The normalized spacial score (nSPS) is 10.5. The van der Waals surface area contributed by atoms with Crippen LogP contribution in [-0.4, -0.2) is 56.2 Å². The van der Waals surface area contributed by atoms with Crippen LogP contribution in [0.3, 0.4) is 0 Å². The van der Waals surface area contributed by atoms with Gasteiger partial charge in [-0.1, -0.05) is 0 Å². The van der Waals surface area contributed by atoms with Crippen molar-refractivity contribution in [2.75, 3.05) is 43.8 Å². The SMILES string of the molecule is COc1cc(N=Nc2ccc([N+](=O)[O-])cc2)c(NOC(C)=O)cc1N(CCOC(C)=O)CCOC(C)=O. The molecule has 0 radical (unpaired) electrons.